The molecule has 0 radical (unpaired) electrons. The number of carbonyl (C=O) groups is 1. The summed E-state index contributed by atoms with van der Waals surface area (Å²) in [4.78, 5) is 13.1. The number of benzene rings is 3. The summed E-state index contributed by atoms with van der Waals surface area (Å²) in [5, 5.41) is 38.7. The average Bonchev–Trinajstić information content (AvgIpc) is 2.69. The number of para-hydroxylation sites is 1. The van der Waals surface area contributed by atoms with Gasteiger partial charge in [0.1, 0.15) is 5.75 Å². The molecule has 4 rings (SSSR count). The van der Waals surface area contributed by atoms with E-state index in [1.165, 1.54) is 24.3 Å². The van der Waals surface area contributed by atoms with Crippen LogP contribution in [0.25, 0.3) is 6.08 Å². The van der Waals surface area contributed by atoms with Gasteiger partial charge in [0, 0.05) is 11.1 Å². The highest BCUT2D eigenvalue weighted by atomic mass is 16.5. The maximum Gasteiger partial charge on any atom is 0.196 e. The van der Waals surface area contributed by atoms with Crippen molar-refractivity contribution >= 4 is 11.9 Å². The molecule has 3 aromatic rings. The standard InChI is InChI=1S/C22H16O6/c23-16-7-5-12(10-18(16)25)9-15-21(27)14-3-1-2-4-20(14)28-22(15)13-6-8-17(24)19(26)11-13/h1-11,22-26H/b15-9+. The van der Waals surface area contributed by atoms with Crippen molar-refractivity contribution in [2.24, 2.45) is 0 Å². The van der Waals surface area contributed by atoms with Crippen LogP contribution in [0.5, 0.6) is 28.7 Å². The lowest BCUT2D eigenvalue weighted by Crippen LogP contribution is -2.23. The summed E-state index contributed by atoms with van der Waals surface area (Å²) in [6.45, 7) is 0. The van der Waals surface area contributed by atoms with Gasteiger partial charge < -0.3 is 25.2 Å². The summed E-state index contributed by atoms with van der Waals surface area (Å²) >= 11 is 0. The molecule has 4 N–H and O–H groups in total. The van der Waals surface area contributed by atoms with Gasteiger partial charge in [-0.2, -0.15) is 0 Å². The highest BCUT2D eigenvalue weighted by molar-refractivity contribution is 6.14. The fourth-order valence-corrected chi connectivity index (χ4v) is 3.12. The number of phenolic OH excluding ortho intramolecular Hbond substituents is 4. The van der Waals surface area contributed by atoms with E-state index in [1.54, 1.807) is 42.5 Å². The topological polar surface area (TPSA) is 107 Å². The van der Waals surface area contributed by atoms with E-state index in [0.717, 1.165) is 0 Å². The van der Waals surface area contributed by atoms with Gasteiger partial charge in [-0.15, -0.1) is 0 Å². The van der Waals surface area contributed by atoms with Gasteiger partial charge in [-0.1, -0.05) is 24.3 Å². The van der Waals surface area contributed by atoms with Crippen molar-refractivity contribution in [2.45, 2.75) is 6.10 Å². The first-order valence-corrected chi connectivity index (χ1v) is 8.50. The summed E-state index contributed by atoms with van der Waals surface area (Å²) in [7, 11) is 0. The second-order valence-corrected chi connectivity index (χ2v) is 6.42. The van der Waals surface area contributed by atoms with E-state index in [4.69, 9.17) is 4.74 Å². The Bertz CT molecular complexity index is 1120. The van der Waals surface area contributed by atoms with Gasteiger partial charge >= 0.3 is 0 Å². The molecule has 0 bridgehead atoms. The zero-order valence-corrected chi connectivity index (χ0v) is 14.5. The Hall–Kier alpha value is -3.93. The number of phenols is 4. The molecule has 3 aromatic carbocycles. The summed E-state index contributed by atoms with van der Waals surface area (Å²) in [5.41, 5.74) is 1.66. The molecule has 1 atom stereocenters. The van der Waals surface area contributed by atoms with Gasteiger partial charge in [0.15, 0.2) is 34.9 Å². The molecule has 0 spiro atoms. The molecule has 6 nitrogen and oxygen atoms in total. The molecule has 0 aromatic heterocycles. The van der Waals surface area contributed by atoms with Crippen molar-refractivity contribution < 1.29 is 30.0 Å². The van der Waals surface area contributed by atoms with E-state index in [9.17, 15) is 25.2 Å². The molecule has 1 aliphatic heterocycles. The zero-order chi connectivity index (χ0) is 19.8. The van der Waals surface area contributed by atoms with Crippen LogP contribution in [0.4, 0.5) is 0 Å². The third kappa shape index (κ3) is 3.01. The molecule has 28 heavy (non-hydrogen) atoms. The number of ketones is 1. The fourth-order valence-electron chi connectivity index (χ4n) is 3.12. The van der Waals surface area contributed by atoms with Crippen LogP contribution in [0.15, 0.2) is 66.2 Å². The molecule has 0 aliphatic carbocycles. The lowest BCUT2D eigenvalue weighted by Gasteiger charge is -2.28. The van der Waals surface area contributed by atoms with Crippen LogP contribution in [0, 0.1) is 0 Å². The summed E-state index contributed by atoms with van der Waals surface area (Å²) in [6.07, 6.45) is 0.733. The highest BCUT2D eigenvalue weighted by Crippen LogP contribution is 2.41. The van der Waals surface area contributed by atoms with Crippen molar-refractivity contribution in [3.05, 3.63) is 82.9 Å². The Morgan fingerprint density at radius 2 is 1.46 bits per heavy atom. The van der Waals surface area contributed by atoms with E-state index in [2.05, 4.69) is 0 Å². The van der Waals surface area contributed by atoms with Crippen molar-refractivity contribution in [2.75, 3.05) is 0 Å². The smallest absolute Gasteiger partial charge is 0.196 e. The van der Waals surface area contributed by atoms with Gasteiger partial charge in [0.25, 0.3) is 0 Å². The molecule has 6 heteroatoms. The summed E-state index contributed by atoms with van der Waals surface area (Å²) < 4.78 is 6.03. The number of rotatable bonds is 2. The van der Waals surface area contributed by atoms with Crippen LogP contribution < -0.4 is 4.74 Å². The predicted molar refractivity (Wildman–Crippen MR) is 102 cm³/mol. The molecule has 0 saturated carbocycles. The third-order valence-electron chi connectivity index (χ3n) is 4.55. The van der Waals surface area contributed by atoms with Crippen molar-refractivity contribution in [1.29, 1.82) is 0 Å². The van der Waals surface area contributed by atoms with Crippen LogP contribution in [-0.4, -0.2) is 26.2 Å². The molecule has 0 saturated heterocycles. The zero-order valence-electron chi connectivity index (χ0n) is 14.5. The molecule has 0 amide bonds. The van der Waals surface area contributed by atoms with Crippen molar-refractivity contribution in [3.8, 4) is 28.7 Å². The Balaban J connectivity index is 1.87. The second kappa shape index (κ2) is 6.66. The highest BCUT2D eigenvalue weighted by Gasteiger charge is 2.33. The Morgan fingerprint density at radius 1 is 0.786 bits per heavy atom. The lowest BCUT2D eigenvalue weighted by atomic mass is 9.89. The van der Waals surface area contributed by atoms with Gasteiger partial charge in [-0.25, -0.2) is 0 Å². The molecular formula is C22H16O6. The van der Waals surface area contributed by atoms with Crippen molar-refractivity contribution in [3.63, 3.8) is 0 Å². The normalized spacial score (nSPS) is 17.2. The van der Waals surface area contributed by atoms with Gasteiger partial charge in [-0.3, -0.25) is 4.79 Å². The van der Waals surface area contributed by atoms with Crippen LogP contribution in [0.3, 0.4) is 0 Å². The fraction of sp³-hybridized carbons (Fsp3) is 0.0455. The Kier molecular flexibility index (Phi) is 4.16. The average molecular weight is 376 g/mol. The number of hydrogen-bond acceptors (Lipinski definition) is 6. The van der Waals surface area contributed by atoms with Crippen LogP contribution in [0.1, 0.15) is 27.6 Å². The predicted octanol–water partition coefficient (Wildman–Crippen LogP) is 3.91. The van der Waals surface area contributed by atoms with Crippen LogP contribution in [-0.2, 0) is 0 Å². The Morgan fingerprint density at radius 3 is 2.18 bits per heavy atom. The minimum absolute atomic E-state index is 0.257. The largest absolute Gasteiger partial charge is 0.504 e. The first-order valence-electron chi connectivity index (χ1n) is 8.50. The Labute approximate surface area is 160 Å². The minimum Gasteiger partial charge on any atom is -0.504 e. The molecule has 140 valence electrons. The number of aromatic hydroxyl groups is 4. The summed E-state index contributed by atoms with van der Waals surface area (Å²) in [6, 6.07) is 15.3. The molecule has 1 unspecified atom stereocenters. The van der Waals surface area contributed by atoms with E-state index in [0.29, 0.717) is 22.4 Å². The molecule has 0 fully saturated rings. The lowest BCUT2D eigenvalue weighted by molar-refractivity contribution is 0.0963. The van der Waals surface area contributed by atoms with E-state index in [1.807, 2.05) is 0 Å². The minimum atomic E-state index is -0.829. The number of fused-ring (bicyclic) bond motifs is 1. The van der Waals surface area contributed by atoms with Gasteiger partial charge in [-0.05, 0) is 48.0 Å². The number of carbonyl (C=O) groups excluding carboxylic acids is 1. The van der Waals surface area contributed by atoms with E-state index < -0.39 is 6.10 Å². The van der Waals surface area contributed by atoms with Gasteiger partial charge in [0.2, 0.25) is 0 Å². The molecule has 1 heterocycles. The molecule has 1 aliphatic rings. The van der Waals surface area contributed by atoms with Crippen molar-refractivity contribution in [1.82, 2.24) is 0 Å². The second-order valence-electron chi connectivity index (χ2n) is 6.42. The molecular weight excluding hydrogens is 360 g/mol. The van der Waals surface area contributed by atoms with E-state index in [-0.39, 0.29) is 34.4 Å². The first-order chi connectivity index (χ1) is 13.4. The van der Waals surface area contributed by atoms with Gasteiger partial charge in [0.05, 0.1) is 5.56 Å². The van der Waals surface area contributed by atoms with E-state index >= 15 is 0 Å². The quantitative estimate of drug-likeness (QED) is 0.399. The first kappa shape index (κ1) is 17.5. The third-order valence-corrected chi connectivity index (χ3v) is 4.55. The maximum atomic E-state index is 13.1. The number of ether oxygens (including phenoxy) is 1. The monoisotopic (exact) mass is 376 g/mol. The number of Topliss-reactive ketones (excluding diaryl/α,β-unsaturated/α-hetero) is 1. The maximum absolute atomic E-state index is 13.1. The SMILES string of the molecule is O=C1/C(=C\c2ccc(O)c(O)c2)C(c2ccc(O)c(O)c2)Oc2ccccc21. The van der Waals surface area contributed by atoms with Crippen LogP contribution in [0.2, 0.25) is 0 Å². The summed E-state index contributed by atoms with van der Waals surface area (Å²) in [5.74, 6) is -1.02. The van der Waals surface area contributed by atoms with Crippen LogP contribution >= 0.6 is 0 Å². The number of hydrogen-bond donors (Lipinski definition) is 4.